The minimum atomic E-state index is -0.0528. The second kappa shape index (κ2) is 9.13. The van der Waals surface area contributed by atoms with Crippen LogP contribution >= 0.6 is 0 Å². The van der Waals surface area contributed by atoms with E-state index in [2.05, 4.69) is 33.0 Å². The molecule has 0 aliphatic carbocycles. The number of ether oxygens (including phenoxy) is 2. The van der Waals surface area contributed by atoms with Crippen LogP contribution in [0.4, 0.5) is 0 Å². The van der Waals surface area contributed by atoms with Crippen LogP contribution in [0, 0.1) is 0 Å². The van der Waals surface area contributed by atoms with E-state index in [1.54, 1.807) is 0 Å². The highest BCUT2D eigenvalue weighted by Crippen LogP contribution is 2.05. The van der Waals surface area contributed by atoms with Crippen LogP contribution in [0.2, 0.25) is 0 Å². The first-order valence-electron chi connectivity index (χ1n) is 5.98. The lowest BCUT2D eigenvalue weighted by Gasteiger charge is -2.19. The molecule has 15 heavy (non-hydrogen) atoms. The van der Waals surface area contributed by atoms with Crippen molar-refractivity contribution in [2.45, 2.75) is 46.1 Å². The zero-order valence-corrected chi connectivity index (χ0v) is 10.8. The fraction of sp³-hybridized carbons (Fsp3) is 1.00. The molecule has 0 heterocycles. The van der Waals surface area contributed by atoms with Gasteiger partial charge in [-0.1, -0.05) is 13.3 Å². The molecule has 0 atom stereocenters. The predicted octanol–water partition coefficient (Wildman–Crippen LogP) is 2.21. The zero-order valence-electron chi connectivity index (χ0n) is 10.8. The van der Waals surface area contributed by atoms with Crippen molar-refractivity contribution in [3.8, 4) is 0 Å². The van der Waals surface area contributed by atoms with Crippen molar-refractivity contribution in [1.29, 1.82) is 0 Å². The van der Waals surface area contributed by atoms with E-state index in [9.17, 15) is 0 Å². The lowest BCUT2D eigenvalue weighted by molar-refractivity contribution is -0.0343. The zero-order chi connectivity index (χ0) is 11.6. The van der Waals surface area contributed by atoms with Crippen molar-refractivity contribution in [2.24, 2.45) is 0 Å². The lowest BCUT2D eigenvalue weighted by Crippen LogP contribution is -2.24. The van der Waals surface area contributed by atoms with Gasteiger partial charge in [0.2, 0.25) is 0 Å². The summed E-state index contributed by atoms with van der Waals surface area (Å²) in [7, 11) is 0. The van der Waals surface area contributed by atoms with Crippen molar-refractivity contribution in [1.82, 2.24) is 5.32 Å². The molecule has 1 N–H and O–H groups in total. The van der Waals surface area contributed by atoms with Gasteiger partial charge in [-0.2, -0.15) is 0 Å². The highest BCUT2D eigenvalue weighted by molar-refractivity contribution is 4.57. The third-order valence-electron chi connectivity index (χ3n) is 1.89. The molecule has 92 valence electrons. The molecular weight excluding hydrogens is 190 g/mol. The van der Waals surface area contributed by atoms with Gasteiger partial charge in [-0.25, -0.2) is 0 Å². The summed E-state index contributed by atoms with van der Waals surface area (Å²) in [5, 5.41) is 3.33. The second-order valence-electron chi connectivity index (χ2n) is 4.68. The average molecular weight is 217 g/mol. The van der Waals surface area contributed by atoms with Crippen LogP contribution < -0.4 is 5.32 Å². The van der Waals surface area contributed by atoms with Crippen LogP contribution in [0.1, 0.15) is 40.5 Å². The van der Waals surface area contributed by atoms with Crippen molar-refractivity contribution in [2.75, 3.05) is 32.9 Å². The molecular formula is C12H27NO2. The van der Waals surface area contributed by atoms with E-state index in [1.165, 1.54) is 12.8 Å². The smallest absolute Gasteiger partial charge is 0.0707 e. The maximum atomic E-state index is 5.53. The Kier molecular flexibility index (Phi) is 9.06. The Balaban J connectivity index is 2.99. The molecule has 0 bridgehead atoms. The fourth-order valence-electron chi connectivity index (χ4n) is 1.08. The van der Waals surface area contributed by atoms with Crippen LogP contribution in [0.5, 0.6) is 0 Å². The molecule has 0 fully saturated rings. The lowest BCUT2D eigenvalue weighted by atomic mass is 10.2. The minimum Gasteiger partial charge on any atom is -0.378 e. The standard InChI is InChI=1S/C12H27NO2/c1-5-6-7-13-8-9-14-10-11-15-12(2,3)4/h13H,5-11H2,1-4H3. The Morgan fingerprint density at radius 2 is 1.73 bits per heavy atom. The van der Waals surface area contributed by atoms with E-state index in [-0.39, 0.29) is 5.60 Å². The molecule has 0 aromatic carbocycles. The maximum absolute atomic E-state index is 5.53. The first kappa shape index (κ1) is 14.9. The van der Waals surface area contributed by atoms with E-state index in [1.807, 2.05) is 0 Å². The van der Waals surface area contributed by atoms with Gasteiger partial charge in [0, 0.05) is 6.54 Å². The topological polar surface area (TPSA) is 30.5 Å². The van der Waals surface area contributed by atoms with E-state index < -0.39 is 0 Å². The molecule has 0 radical (unpaired) electrons. The summed E-state index contributed by atoms with van der Waals surface area (Å²) in [5.74, 6) is 0. The van der Waals surface area contributed by atoms with Gasteiger partial charge in [0.25, 0.3) is 0 Å². The summed E-state index contributed by atoms with van der Waals surface area (Å²) in [6, 6.07) is 0. The van der Waals surface area contributed by atoms with E-state index in [0.717, 1.165) is 19.7 Å². The molecule has 0 amide bonds. The largest absolute Gasteiger partial charge is 0.378 e. The van der Waals surface area contributed by atoms with Crippen molar-refractivity contribution >= 4 is 0 Å². The summed E-state index contributed by atoms with van der Waals surface area (Å²) in [6.07, 6.45) is 2.49. The van der Waals surface area contributed by atoms with Gasteiger partial charge < -0.3 is 14.8 Å². The quantitative estimate of drug-likeness (QED) is 0.601. The molecule has 0 aromatic heterocycles. The summed E-state index contributed by atoms with van der Waals surface area (Å²) in [5.41, 5.74) is -0.0528. The van der Waals surface area contributed by atoms with Crippen LogP contribution in [-0.4, -0.2) is 38.5 Å². The van der Waals surface area contributed by atoms with E-state index in [0.29, 0.717) is 13.2 Å². The van der Waals surface area contributed by atoms with Crippen LogP contribution in [-0.2, 0) is 9.47 Å². The third kappa shape index (κ3) is 13.9. The molecule has 3 heteroatoms. The van der Waals surface area contributed by atoms with Gasteiger partial charge in [0.15, 0.2) is 0 Å². The Labute approximate surface area is 94.5 Å². The molecule has 0 saturated carbocycles. The molecule has 0 saturated heterocycles. The second-order valence-corrected chi connectivity index (χ2v) is 4.68. The SMILES string of the molecule is CCCCNCCOCCOC(C)(C)C. The average Bonchev–Trinajstić information content (AvgIpc) is 2.14. The summed E-state index contributed by atoms with van der Waals surface area (Å²) < 4.78 is 11.0. The van der Waals surface area contributed by atoms with Gasteiger partial charge in [-0.05, 0) is 33.7 Å². The maximum Gasteiger partial charge on any atom is 0.0707 e. The number of hydrogen-bond donors (Lipinski definition) is 1. The first-order chi connectivity index (χ1) is 7.06. The highest BCUT2D eigenvalue weighted by atomic mass is 16.5. The van der Waals surface area contributed by atoms with Crippen molar-refractivity contribution in [3.05, 3.63) is 0 Å². The minimum absolute atomic E-state index is 0.0528. The number of nitrogens with one attached hydrogen (secondary N) is 1. The Hall–Kier alpha value is -0.120. The van der Waals surface area contributed by atoms with E-state index in [4.69, 9.17) is 9.47 Å². The molecule has 0 unspecified atom stereocenters. The summed E-state index contributed by atoms with van der Waals surface area (Å²) >= 11 is 0. The first-order valence-corrected chi connectivity index (χ1v) is 5.98. The van der Waals surface area contributed by atoms with Crippen molar-refractivity contribution < 1.29 is 9.47 Å². The van der Waals surface area contributed by atoms with Gasteiger partial charge in [-0.15, -0.1) is 0 Å². The fourth-order valence-corrected chi connectivity index (χ4v) is 1.08. The van der Waals surface area contributed by atoms with E-state index >= 15 is 0 Å². The number of unbranched alkanes of at least 4 members (excludes halogenated alkanes) is 1. The van der Waals surface area contributed by atoms with Gasteiger partial charge in [-0.3, -0.25) is 0 Å². The summed E-state index contributed by atoms with van der Waals surface area (Å²) in [6.45, 7) is 12.5. The summed E-state index contributed by atoms with van der Waals surface area (Å²) in [4.78, 5) is 0. The van der Waals surface area contributed by atoms with Crippen LogP contribution in [0.15, 0.2) is 0 Å². The molecule has 0 spiro atoms. The molecule has 0 aliphatic heterocycles. The number of hydrogen-bond acceptors (Lipinski definition) is 3. The number of rotatable bonds is 9. The van der Waals surface area contributed by atoms with Crippen LogP contribution in [0.3, 0.4) is 0 Å². The normalized spacial score (nSPS) is 12.0. The third-order valence-corrected chi connectivity index (χ3v) is 1.89. The Bertz CT molecular complexity index is 132. The highest BCUT2D eigenvalue weighted by Gasteiger charge is 2.08. The van der Waals surface area contributed by atoms with Crippen LogP contribution in [0.25, 0.3) is 0 Å². The Morgan fingerprint density at radius 1 is 1.00 bits per heavy atom. The predicted molar refractivity (Wildman–Crippen MR) is 64.3 cm³/mol. The molecule has 0 aromatic rings. The van der Waals surface area contributed by atoms with Gasteiger partial charge in [0.1, 0.15) is 0 Å². The Morgan fingerprint density at radius 3 is 2.33 bits per heavy atom. The van der Waals surface area contributed by atoms with Gasteiger partial charge >= 0.3 is 0 Å². The molecule has 0 aliphatic rings. The molecule has 3 nitrogen and oxygen atoms in total. The molecule has 0 rings (SSSR count). The monoisotopic (exact) mass is 217 g/mol. The van der Waals surface area contributed by atoms with Crippen molar-refractivity contribution in [3.63, 3.8) is 0 Å². The van der Waals surface area contributed by atoms with Gasteiger partial charge in [0.05, 0.1) is 25.4 Å².